The molecule has 7 nitrogen and oxygen atoms in total. The van der Waals surface area contributed by atoms with Crippen LogP contribution in [0.4, 0.5) is 0 Å². The summed E-state index contributed by atoms with van der Waals surface area (Å²) in [4.78, 5) is 18.4. The topological polar surface area (TPSA) is 71.8 Å². The molecule has 2 aliphatic rings. The highest BCUT2D eigenvalue weighted by Gasteiger charge is 2.59. The van der Waals surface area contributed by atoms with Crippen molar-refractivity contribution in [3.8, 4) is 17.2 Å². The van der Waals surface area contributed by atoms with Crippen LogP contribution in [-0.4, -0.2) is 30.4 Å². The molecule has 0 radical (unpaired) electrons. The zero-order chi connectivity index (χ0) is 23.5. The second-order valence-electron chi connectivity index (χ2n) is 8.28. The van der Waals surface area contributed by atoms with Crippen LogP contribution in [0.25, 0.3) is 16.6 Å². The van der Waals surface area contributed by atoms with Gasteiger partial charge in [-0.25, -0.2) is 4.98 Å². The maximum absolute atomic E-state index is 13.5. The van der Waals surface area contributed by atoms with E-state index in [4.69, 9.17) is 23.9 Å². The molecule has 3 aromatic carbocycles. The van der Waals surface area contributed by atoms with Crippen molar-refractivity contribution in [3.05, 3.63) is 107 Å². The number of hydrogen-bond donors (Lipinski definition) is 0. The van der Waals surface area contributed by atoms with Gasteiger partial charge in [0.15, 0.2) is 17.3 Å². The largest absolute Gasteiger partial charge is 0.493 e. The molecule has 0 saturated carbocycles. The first-order valence-electron chi connectivity index (χ1n) is 10.9. The van der Waals surface area contributed by atoms with E-state index in [0.717, 1.165) is 11.1 Å². The molecule has 0 aliphatic carbocycles. The molecule has 6 rings (SSSR count). The van der Waals surface area contributed by atoms with E-state index < -0.39 is 11.4 Å². The summed E-state index contributed by atoms with van der Waals surface area (Å²) in [6.45, 7) is 4.23. The fraction of sp³-hybridized carbons (Fsp3) is 0.185. The van der Waals surface area contributed by atoms with Gasteiger partial charge in [0, 0.05) is 5.56 Å². The number of rotatable bonds is 4. The third-order valence-corrected chi connectivity index (χ3v) is 6.59. The van der Waals surface area contributed by atoms with Gasteiger partial charge in [0.2, 0.25) is 0 Å². The predicted molar refractivity (Wildman–Crippen MR) is 127 cm³/mol. The van der Waals surface area contributed by atoms with Crippen LogP contribution in [-0.2, 0) is 20.9 Å². The lowest BCUT2D eigenvalue weighted by Crippen LogP contribution is -2.34. The van der Waals surface area contributed by atoms with E-state index in [1.54, 1.807) is 30.9 Å². The van der Waals surface area contributed by atoms with Crippen molar-refractivity contribution < 1.29 is 18.9 Å². The second-order valence-corrected chi connectivity index (χ2v) is 8.28. The monoisotopic (exact) mass is 454 g/mol. The molecule has 0 amide bonds. The summed E-state index contributed by atoms with van der Waals surface area (Å²) in [5, 5.41) is 0.533. The number of nitrogens with zero attached hydrogens (tertiary/aromatic N) is 2. The molecule has 4 aromatic rings. The van der Waals surface area contributed by atoms with E-state index in [0.29, 0.717) is 33.9 Å². The van der Waals surface area contributed by atoms with Crippen molar-refractivity contribution in [1.82, 2.24) is 9.55 Å². The van der Waals surface area contributed by atoms with Crippen LogP contribution in [0.3, 0.4) is 0 Å². The Morgan fingerprint density at radius 1 is 1.03 bits per heavy atom. The predicted octanol–water partition coefficient (Wildman–Crippen LogP) is 4.05. The quantitative estimate of drug-likeness (QED) is 0.434. The van der Waals surface area contributed by atoms with E-state index in [-0.39, 0.29) is 12.2 Å². The van der Waals surface area contributed by atoms with Crippen LogP contribution in [0, 0.1) is 0 Å². The van der Waals surface area contributed by atoms with E-state index in [1.165, 1.54) is 0 Å². The first kappa shape index (κ1) is 20.7. The van der Waals surface area contributed by atoms with Crippen LogP contribution in [0.1, 0.15) is 17.0 Å². The summed E-state index contributed by atoms with van der Waals surface area (Å²) in [7, 11) is 3.17. The fourth-order valence-electron chi connectivity index (χ4n) is 4.87. The Morgan fingerprint density at radius 2 is 1.79 bits per heavy atom. The van der Waals surface area contributed by atoms with Crippen molar-refractivity contribution >= 4 is 10.9 Å². The van der Waals surface area contributed by atoms with Crippen LogP contribution >= 0.6 is 0 Å². The number of hydrogen-bond acceptors (Lipinski definition) is 6. The van der Waals surface area contributed by atoms with Gasteiger partial charge in [0.05, 0.1) is 37.4 Å². The standard InChI is InChI=1S/C27H22N2O5/c1-4-26(17-13-14-22(31-2)23(15-17)32-3)16-33-27(34-26)19-10-6-8-12-21(19)29-24(30)18-9-5-7-11-20(18)28-25(27)29/h4-15H,1,16H2,2-3H3. The van der Waals surface area contributed by atoms with Gasteiger partial charge in [-0.2, -0.15) is 0 Å². The lowest BCUT2D eigenvalue weighted by Gasteiger charge is -2.29. The summed E-state index contributed by atoms with van der Waals surface area (Å²) in [6, 6.07) is 20.4. The Balaban J connectivity index is 1.58. The molecule has 2 atom stereocenters. The first-order chi connectivity index (χ1) is 16.6. The summed E-state index contributed by atoms with van der Waals surface area (Å²) < 4.78 is 25.8. The van der Waals surface area contributed by atoms with Gasteiger partial charge >= 0.3 is 0 Å². The highest BCUT2D eigenvalue weighted by atomic mass is 16.8. The number of fused-ring (bicyclic) bond motifs is 6. The second kappa shape index (κ2) is 7.28. The smallest absolute Gasteiger partial charge is 0.266 e. The molecule has 0 N–H and O–H groups in total. The van der Waals surface area contributed by atoms with E-state index in [9.17, 15) is 4.79 Å². The van der Waals surface area contributed by atoms with E-state index in [1.807, 2.05) is 60.7 Å². The van der Waals surface area contributed by atoms with Gasteiger partial charge in [-0.15, -0.1) is 0 Å². The van der Waals surface area contributed by atoms with Gasteiger partial charge in [-0.3, -0.25) is 9.36 Å². The summed E-state index contributed by atoms with van der Waals surface area (Å²) in [5.41, 5.74) is 1.60. The van der Waals surface area contributed by atoms with Crippen molar-refractivity contribution in [2.75, 3.05) is 20.8 Å². The lowest BCUT2D eigenvalue weighted by atomic mass is 9.94. The van der Waals surface area contributed by atoms with E-state index >= 15 is 0 Å². The third-order valence-electron chi connectivity index (χ3n) is 6.59. The van der Waals surface area contributed by atoms with Gasteiger partial charge < -0.3 is 18.9 Å². The molecule has 1 fully saturated rings. The van der Waals surface area contributed by atoms with Gasteiger partial charge in [0.25, 0.3) is 11.3 Å². The molecule has 1 saturated heterocycles. The van der Waals surface area contributed by atoms with Gasteiger partial charge in [-0.05, 0) is 35.9 Å². The summed E-state index contributed by atoms with van der Waals surface area (Å²) in [6.07, 6.45) is 1.72. The molecule has 0 bridgehead atoms. The Labute approximate surface area is 195 Å². The van der Waals surface area contributed by atoms with Crippen LogP contribution < -0.4 is 15.0 Å². The maximum atomic E-state index is 13.5. The molecule has 7 heteroatoms. The molecule has 1 aromatic heterocycles. The third kappa shape index (κ3) is 2.59. The highest BCUT2D eigenvalue weighted by Crippen LogP contribution is 2.53. The zero-order valence-corrected chi connectivity index (χ0v) is 18.8. The molecular weight excluding hydrogens is 432 g/mol. The van der Waals surface area contributed by atoms with Crippen LogP contribution in [0.2, 0.25) is 0 Å². The Hall–Kier alpha value is -3.94. The molecule has 34 heavy (non-hydrogen) atoms. The number of benzene rings is 3. The summed E-state index contributed by atoms with van der Waals surface area (Å²) >= 11 is 0. The maximum Gasteiger partial charge on any atom is 0.266 e. The van der Waals surface area contributed by atoms with Crippen molar-refractivity contribution in [2.24, 2.45) is 0 Å². The normalized spacial score (nSPS) is 22.5. The average molecular weight is 454 g/mol. The molecule has 170 valence electrons. The SMILES string of the molecule is C=CC1(c2ccc(OC)c(OC)c2)COC2(O1)c1ccccc1-n1c2nc2ccccc2c1=O. The number of ether oxygens (including phenoxy) is 4. The average Bonchev–Trinajstić information content (AvgIpc) is 3.42. The molecular formula is C27H22N2O5. The lowest BCUT2D eigenvalue weighted by molar-refractivity contribution is -0.159. The summed E-state index contributed by atoms with van der Waals surface area (Å²) in [5.74, 6) is 0.191. The van der Waals surface area contributed by atoms with Gasteiger partial charge in [-0.1, -0.05) is 49.1 Å². The van der Waals surface area contributed by atoms with Crippen molar-refractivity contribution in [2.45, 2.75) is 11.4 Å². The first-order valence-corrected chi connectivity index (χ1v) is 10.9. The van der Waals surface area contributed by atoms with Gasteiger partial charge in [0.1, 0.15) is 5.60 Å². The zero-order valence-electron chi connectivity index (χ0n) is 18.8. The Morgan fingerprint density at radius 3 is 2.59 bits per heavy atom. The molecule has 1 spiro atoms. The number of methoxy groups -OCH3 is 2. The molecule has 2 unspecified atom stereocenters. The Kier molecular flexibility index (Phi) is 4.42. The number of aromatic nitrogens is 2. The molecule has 2 aliphatic heterocycles. The van der Waals surface area contributed by atoms with E-state index in [2.05, 4.69) is 6.58 Å². The fourth-order valence-corrected chi connectivity index (χ4v) is 4.87. The minimum absolute atomic E-state index is 0.167. The minimum atomic E-state index is -1.37. The van der Waals surface area contributed by atoms with Crippen molar-refractivity contribution in [3.63, 3.8) is 0 Å². The van der Waals surface area contributed by atoms with Crippen LogP contribution in [0.5, 0.6) is 11.5 Å². The Bertz CT molecular complexity index is 1530. The minimum Gasteiger partial charge on any atom is -0.493 e. The molecule has 3 heterocycles. The van der Waals surface area contributed by atoms with Crippen molar-refractivity contribution in [1.29, 1.82) is 0 Å². The highest BCUT2D eigenvalue weighted by molar-refractivity contribution is 5.78. The number of para-hydroxylation sites is 2. The van der Waals surface area contributed by atoms with Crippen LogP contribution in [0.15, 0.2) is 84.2 Å².